The summed E-state index contributed by atoms with van der Waals surface area (Å²) in [4.78, 5) is 37.1. The molecule has 11 nitrogen and oxygen atoms in total. The molecule has 73 heavy (non-hydrogen) atoms. The van der Waals surface area contributed by atoms with E-state index < -0.39 is 23.8 Å². The third kappa shape index (κ3) is 13.6. The molecule has 1 aliphatic heterocycles. The van der Waals surface area contributed by atoms with Gasteiger partial charge in [0.25, 0.3) is 0 Å². The fraction of sp³-hybridized carbons (Fsp3) is 0.532. The quantitative estimate of drug-likeness (QED) is 0.0267. The van der Waals surface area contributed by atoms with Crippen LogP contribution in [0.2, 0.25) is 0 Å². The van der Waals surface area contributed by atoms with Gasteiger partial charge in [0.05, 0.1) is 18.2 Å². The van der Waals surface area contributed by atoms with Crippen molar-refractivity contribution in [1.82, 2.24) is 10.2 Å². The van der Waals surface area contributed by atoms with Gasteiger partial charge in [-0.1, -0.05) is 168 Å². The van der Waals surface area contributed by atoms with Crippen LogP contribution in [-0.4, -0.2) is 71.0 Å². The summed E-state index contributed by atoms with van der Waals surface area (Å²) >= 11 is 0. The zero-order valence-corrected chi connectivity index (χ0v) is 43.4. The second-order valence-electron chi connectivity index (χ2n) is 20.9. The monoisotopic (exact) mass is 996 g/mol. The lowest BCUT2D eigenvalue weighted by atomic mass is 9.55. The standard InChI is InChI=1S/C62H81N3O8/c1-3-5-6-7-8-9-10-11-12-20-36-63-61(69)72-50-34-35-56-54(41-50)58-52(31-19-22-38-67)48(27-18-21-37-66)40-53-55(64-71-44-45-24-14-13-15-25-45)42-57(62(73-56,59(53)58)70-39-4-2)65(60(68)47-32-33-47)43-49-29-23-28-46-26-16-17-30-51(46)49/h4,13-17,23-26,28-30,34-35,40-41,47-48,52,57-59,66-67H,2-3,5-12,18-22,27,31-33,36-39,42-44H2,1H3,(H,63,69)/t48-,52+,57-,58+,59+,62+/m0/s1. The van der Waals surface area contributed by atoms with E-state index in [1.807, 2.05) is 59.5 Å². The van der Waals surface area contributed by atoms with Crippen LogP contribution in [0.15, 0.2) is 120 Å². The Balaban J connectivity index is 1.19. The predicted octanol–water partition coefficient (Wildman–Crippen LogP) is 13.1. The van der Waals surface area contributed by atoms with Crippen LogP contribution in [0.1, 0.15) is 152 Å². The van der Waals surface area contributed by atoms with Gasteiger partial charge in [0.15, 0.2) is 0 Å². The number of aliphatic hydroxyl groups excluding tert-OH is 2. The van der Waals surface area contributed by atoms with Gasteiger partial charge in [-0.05, 0) is 102 Å². The molecule has 3 N–H and O–H groups in total. The van der Waals surface area contributed by atoms with Crippen LogP contribution in [0.5, 0.6) is 11.5 Å². The number of oxime groups is 1. The lowest BCUT2D eigenvalue weighted by molar-refractivity contribution is -0.258. The van der Waals surface area contributed by atoms with E-state index in [9.17, 15) is 15.0 Å². The maximum Gasteiger partial charge on any atom is 0.412 e. The third-order valence-corrected chi connectivity index (χ3v) is 15.7. The van der Waals surface area contributed by atoms with E-state index in [-0.39, 0.29) is 56.0 Å². The summed E-state index contributed by atoms with van der Waals surface area (Å²) in [6, 6.07) is 29.6. The molecule has 2 amide bonds. The molecule has 0 spiro atoms. The van der Waals surface area contributed by atoms with Gasteiger partial charge in [-0.25, -0.2) is 4.79 Å². The first-order valence-electron chi connectivity index (χ1n) is 27.9. The number of fused-ring (bicyclic) bond motifs is 3. The van der Waals surface area contributed by atoms with E-state index in [0.29, 0.717) is 43.9 Å². The lowest BCUT2D eigenvalue weighted by Crippen LogP contribution is -2.70. The number of amides is 2. The Morgan fingerprint density at radius 1 is 0.836 bits per heavy atom. The number of hydrogen-bond donors (Lipinski definition) is 3. The van der Waals surface area contributed by atoms with E-state index in [2.05, 4.69) is 55.2 Å². The highest BCUT2D eigenvalue weighted by atomic mass is 16.7. The average molecular weight is 996 g/mol. The number of nitrogens with one attached hydrogen (secondary N) is 1. The smallest absolute Gasteiger partial charge is 0.412 e. The SMILES string of the molecule is C=CCO[C@@]12Oc3ccc(OC(=O)NCCCCCCCCCCCC)cc3[C@H]3[C@H](CCCCO)[C@@H](CCCCO)C=C(C(=NOCc4ccccc4)C[C@@H]1N(Cc1cccc4ccccc14)C(=O)C1CC1)[C@H]32. The number of carbonyl (C=O) groups excluding carboxylic acids is 2. The number of allylic oxidation sites excluding steroid dienone is 1. The Morgan fingerprint density at radius 3 is 2.29 bits per heavy atom. The van der Waals surface area contributed by atoms with Gasteiger partial charge in [0, 0.05) is 50.1 Å². The molecule has 3 aliphatic carbocycles. The van der Waals surface area contributed by atoms with Crippen LogP contribution in [0.25, 0.3) is 10.8 Å². The minimum Gasteiger partial charge on any atom is -0.459 e. The fourth-order valence-electron chi connectivity index (χ4n) is 11.9. The van der Waals surface area contributed by atoms with E-state index >= 15 is 4.79 Å². The minimum absolute atomic E-state index is 0.0182. The van der Waals surface area contributed by atoms with Crippen molar-refractivity contribution in [3.8, 4) is 11.5 Å². The molecule has 2 saturated carbocycles. The summed E-state index contributed by atoms with van der Waals surface area (Å²) < 4.78 is 20.9. The van der Waals surface area contributed by atoms with Crippen molar-refractivity contribution in [2.45, 2.75) is 160 Å². The summed E-state index contributed by atoms with van der Waals surface area (Å²) in [5.74, 6) is -1.12. The van der Waals surface area contributed by atoms with Gasteiger partial charge < -0.3 is 39.5 Å². The number of nitrogens with zero attached hydrogens (tertiary/aromatic N) is 2. The summed E-state index contributed by atoms with van der Waals surface area (Å²) in [7, 11) is 0. The number of hydrogen-bond acceptors (Lipinski definition) is 9. The van der Waals surface area contributed by atoms with Crippen LogP contribution >= 0.6 is 0 Å². The van der Waals surface area contributed by atoms with Crippen LogP contribution in [0, 0.1) is 23.7 Å². The molecule has 0 bridgehead atoms. The minimum atomic E-state index is -1.41. The highest BCUT2D eigenvalue weighted by molar-refractivity contribution is 6.03. The van der Waals surface area contributed by atoms with Gasteiger partial charge >= 0.3 is 6.09 Å². The first-order valence-corrected chi connectivity index (χ1v) is 27.9. The van der Waals surface area contributed by atoms with Crippen molar-refractivity contribution in [3.63, 3.8) is 0 Å². The Bertz CT molecular complexity index is 2460. The molecule has 2 fully saturated rings. The maximum absolute atomic E-state index is 15.2. The molecule has 11 heteroatoms. The van der Waals surface area contributed by atoms with Gasteiger partial charge in [-0.2, -0.15) is 0 Å². The second-order valence-corrected chi connectivity index (χ2v) is 20.9. The molecule has 0 saturated heterocycles. The molecule has 392 valence electrons. The number of rotatable bonds is 30. The molecule has 6 atom stereocenters. The van der Waals surface area contributed by atoms with Crippen LogP contribution in [-0.2, 0) is 27.5 Å². The zero-order chi connectivity index (χ0) is 50.8. The molecule has 4 aromatic rings. The molecular formula is C62H81N3O8. The van der Waals surface area contributed by atoms with Gasteiger partial charge in [-0.15, -0.1) is 6.58 Å². The van der Waals surface area contributed by atoms with Crippen molar-refractivity contribution in [2.24, 2.45) is 28.8 Å². The average Bonchev–Trinajstić information content (AvgIpc) is 4.27. The molecule has 0 radical (unpaired) electrons. The molecule has 8 rings (SSSR count). The van der Waals surface area contributed by atoms with Gasteiger partial charge in [0.2, 0.25) is 11.7 Å². The van der Waals surface area contributed by atoms with E-state index in [1.165, 1.54) is 44.9 Å². The Morgan fingerprint density at radius 2 is 1.55 bits per heavy atom. The predicted molar refractivity (Wildman–Crippen MR) is 289 cm³/mol. The normalized spacial score (nSPS) is 22.4. The number of unbranched alkanes of at least 4 members (excludes halogenated alkanes) is 11. The van der Waals surface area contributed by atoms with E-state index in [1.54, 1.807) is 12.1 Å². The first-order chi connectivity index (χ1) is 35.9. The number of aliphatic hydroxyl groups is 2. The number of ether oxygens (including phenoxy) is 3. The molecule has 0 aromatic heterocycles. The largest absolute Gasteiger partial charge is 0.459 e. The van der Waals surface area contributed by atoms with Crippen molar-refractivity contribution in [3.05, 3.63) is 132 Å². The topological polar surface area (TPSA) is 139 Å². The van der Waals surface area contributed by atoms with Gasteiger partial charge in [-0.3, -0.25) is 4.79 Å². The summed E-state index contributed by atoms with van der Waals surface area (Å²) in [6.45, 7) is 7.85. The molecule has 4 aromatic carbocycles. The molecular weight excluding hydrogens is 915 g/mol. The Labute approximate surface area is 434 Å². The number of carbonyl (C=O) groups is 2. The zero-order valence-electron chi connectivity index (χ0n) is 43.4. The van der Waals surface area contributed by atoms with Crippen LogP contribution in [0.3, 0.4) is 0 Å². The van der Waals surface area contributed by atoms with E-state index in [0.717, 1.165) is 96.5 Å². The van der Waals surface area contributed by atoms with Crippen molar-refractivity contribution in [2.75, 3.05) is 26.4 Å². The van der Waals surface area contributed by atoms with Crippen molar-refractivity contribution >= 4 is 28.5 Å². The molecule has 0 unspecified atom stereocenters. The Hall–Kier alpha value is -5.49. The van der Waals surface area contributed by atoms with Crippen LogP contribution < -0.4 is 14.8 Å². The van der Waals surface area contributed by atoms with Crippen molar-refractivity contribution < 1.29 is 38.9 Å². The lowest BCUT2D eigenvalue weighted by Gasteiger charge is -2.60. The highest BCUT2D eigenvalue weighted by Gasteiger charge is 2.66. The van der Waals surface area contributed by atoms with E-state index in [4.69, 9.17) is 24.2 Å². The van der Waals surface area contributed by atoms with Gasteiger partial charge in [0.1, 0.15) is 24.1 Å². The van der Waals surface area contributed by atoms with Crippen molar-refractivity contribution in [1.29, 1.82) is 0 Å². The van der Waals surface area contributed by atoms with Crippen LogP contribution in [0.4, 0.5) is 4.79 Å². The summed E-state index contributed by atoms with van der Waals surface area (Å²) in [5, 5.41) is 30.4. The summed E-state index contributed by atoms with van der Waals surface area (Å²) in [5.41, 5.74) is 4.61. The molecule has 4 aliphatic rings. The summed E-state index contributed by atoms with van der Waals surface area (Å²) in [6.07, 6.45) is 22.2. The first kappa shape index (κ1) is 53.8. The fourth-order valence-corrected chi connectivity index (χ4v) is 11.9. The highest BCUT2D eigenvalue weighted by Crippen LogP contribution is 2.62. The molecule has 1 heterocycles. The second kappa shape index (κ2) is 27.2. The Kier molecular flexibility index (Phi) is 20.0. The number of benzene rings is 4. The third-order valence-electron chi connectivity index (χ3n) is 15.7. The maximum atomic E-state index is 15.2.